The summed E-state index contributed by atoms with van der Waals surface area (Å²) in [6, 6.07) is 0. The lowest BCUT2D eigenvalue weighted by atomic mass is 9.68. The smallest absolute Gasteiger partial charge is 0.187 e. The zero-order valence-electron chi connectivity index (χ0n) is 24.7. The Balaban J connectivity index is 1.74. The lowest BCUT2D eigenvalue weighted by Gasteiger charge is -2.46. The minimum Gasteiger partial charge on any atom is -0.396 e. The van der Waals surface area contributed by atoms with E-state index in [2.05, 4.69) is 12.7 Å². The van der Waals surface area contributed by atoms with Crippen LogP contribution in [0, 0.1) is 29.1 Å². The largest absolute Gasteiger partial charge is 0.396 e. The molecule has 40 heavy (non-hydrogen) atoms. The first-order valence-corrected chi connectivity index (χ1v) is 14.7. The van der Waals surface area contributed by atoms with Crippen molar-refractivity contribution < 1.29 is 44.8 Å². The van der Waals surface area contributed by atoms with Crippen molar-refractivity contribution in [3.8, 4) is 0 Å². The van der Waals surface area contributed by atoms with E-state index in [1.165, 1.54) is 0 Å². The summed E-state index contributed by atoms with van der Waals surface area (Å²) in [4.78, 5) is 0. The fourth-order valence-electron chi connectivity index (χ4n) is 7.12. The number of aliphatic hydroxyl groups is 6. The van der Waals surface area contributed by atoms with Crippen LogP contribution < -0.4 is 0 Å². The molecule has 1 heterocycles. The molecule has 1 aliphatic heterocycles. The van der Waals surface area contributed by atoms with E-state index in [1.54, 1.807) is 19.9 Å². The lowest BCUT2D eigenvalue weighted by Crippen LogP contribution is -2.61. The van der Waals surface area contributed by atoms with Gasteiger partial charge in [0.25, 0.3) is 0 Å². The van der Waals surface area contributed by atoms with Gasteiger partial charge in [-0.15, -0.1) is 6.58 Å². The topological polar surface area (TPSA) is 149 Å². The van der Waals surface area contributed by atoms with Crippen LogP contribution in [0.15, 0.2) is 35.5 Å². The van der Waals surface area contributed by atoms with Gasteiger partial charge >= 0.3 is 0 Å². The zero-order chi connectivity index (χ0) is 29.7. The van der Waals surface area contributed by atoms with E-state index in [0.29, 0.717) is 6.42 Å². The van der Waals surface area contributed by atoms with Gasteiger partial charge in [0.2, 0.25) is 0 Å². The van der Waals surface area contributed by atoms with Gasteiger partial charge in [0.15, 0.2) is 6.29 Å². The molecule has 4 rings (SSSR count). The number of fused-ring (bicyclic) bond motifs is 2. The van der Waals surface area contributed by atoms with Gasteiger partial charge < -0.3 is 44.8 Å². The van der Waals surface area contributed by atoms with Crippen molar-refractivity contribution in [3.05, 3.63) is 35.5 Å². The van der Waals surface area contributed by atoms with Crippen LogP contribution in [0.2, 0.25) is 0 Å². The monoisotopic (exact) mass is 566 g/mol. The molecular weight excluding hydrogens is 516 g/mol. The Morgan fingerprint density at radius 3 is 2.38 bits per heavy atom. The Hall–Kier alpha value is -1.14. The summed E-state index contributed by atoms with van der Waals surface area (Å²) in [5, 5.41) is 65.8. The molecular formula is C31H50O9. The standard InChI is InChI=1S/C31H50O9/c1-8-30(5,6)38-14-21-25(35)26(36)27(37)29(39-21)40-28-23-19(15(2)3)11-22(33)31(23,7)12-20-17(13-32)9-10-18(20)16(4)24(28)34/h8,12,15-18,21-22,24-29,32-37H,1,9-11,13-14H2,2-7H3/t16-,17-,18+,21-,22+,24-,25-,26+,27-,28-,29-,31+/m1/s1. The molecule has 0 amide bonds. The summed E-state index contributed by atoms with van der Waals surface area (Å²) in [5.74, 6) is -0.220. The molecule has 12 atom stereocenters. The van der Waals surface area contributed by atoms with Crippen LogP contribution in [-0.2, 0) is 14.2 Å². The number of ether oxygens (including phenoxy) is 3. The average Bonchev–Trinajstić information content (AvgIpc) is 3.42. The molecule has 228 valence electrons. The van der Waals surface area contributed by atoms with Crippen LogP contribution in [0.3, 0.4) is 0 Å². The van der Waals surface area contributed by atoms with E-state index in [9.17, 15) is 30.6 Å². The molecule has 0 bridgehead atoms. The van der Waals surface area contributed by atoms with E-state index >= 15 is 0 Å². The minimum atomic E-state index is -1.58. The van der Waals surface area contributed by atoms with Gasteiger partial charge in [0.05, 0.1) is 24.4 Å². The van der Waals surface area contributed by atoms with Crippen molar-refractivity contribution >= 4 is 0 Å². The molecule has 0 aromatic rings. The summed E-state index contributed by atoms with van der Waals surface area (Å²) < 4.78 is 18.3. The van der Waals surface area contributed by atoms with Gasteiger partial charge in [-0.05, 0) is 63.4 Å². The Morgan fingerprint density at radius 1 is 1.10 bits per heavy atom. The van der Waals surface area contributed by atoms with Gasteiger partial charge in [-0.2, -0.15) is 0 Å². The molecule has 0 radical (unpaired) electrons. The summed E-state index contributed by atoms with van der Waals surface area (Å²) in [6.07, 6.45) is -3.93. The highest BCUT2D eigenvalue weighted by Gasteiger charge is 2.55. The van der Waals surface area contributed by atoms with Crippen LogP contribution >= 0.6 is 0 Å². The Morgan fingerprint density at radius 2 is 1.77 bits per heavy atom. The van der Waals surface area contributed by atoms with Crippen molar-refractivity contribution in [3.63, 3.8) is 0 Å². The molecule has 4 aliphatic rings. The molecule has 1 saturated carbocycles. The predicted molar refractivity (Wildman–Crippen MR) is 149 cm³/mol. The summed E-state index contributed by atoms with van der Waals surface area (Å²) in [5.41, 5.74) is 1.22. The maximum absolute atomic E-state index is 11.9. The summed E-state index contributed by atoms with van der Waals surface area (Å²) >= 11 is 0. The predicted octanol–water partition coefficient (Wildman–Crippen LogP) is 1.84. The van der Waals surface area contributed by atoms with Crippen LogP contribution in [0.5, 0.6) is 0 Å². The third kappa shape index (κ3) is 5.62. The Bertz CT molecular complexity index is 989. The van der Waals surface area contributed by atoms with E-state index < -0.39 is 60.0 Å². The average molecular weight is 567 g/mol. The maximum atomic E-state index is 11.9. The van der Waals surface area contributed by atoms with E-state index in [0.717, 1.165) is 29.6 Å². The van der Waals surface area contributed by atoms with Crippen molar-refractivity contribution in [2.24, 2.45) is 29.1 Å². The van der Waals surface area contributed by atoms with E-state index in [4.69, 9.17) is 14.2 Å². The highest BCUT2D eigenvalue weighted by Crippen LogP contribution is 2.55. The second kappa shape index (κ2) is 11.9. The third-order valence-electron chi connectivity index (χ3n) is 9.97. The Kier molecular flexibility index (Phi) is 9.42. The third-order valence-corrected chi connectivity index (χ3v) is 9.97. The van der Waals surface area contributed by atoms with Crippen molar-refractivity contribution in [1.29, 1.82) is 0 Å². The number of aliphatic hydroxyl groups excluding tert-OH is 6. The van der Waals surface area contributed by atoms with Gasteiger partial charge in [0.1, 0.15) is 30.5 Å². The minimum absolute atomic E-state index is 0.00109. The van der Waals surface area contributed by atoms with Crippen LogP contribution in [0.25, 0.3) is 0 Å². The SMILES string of the molecule is C=CC(C)(C)OC[C@H]1O[C@H](O[C@@H]2C3=C(C(C)C)C[C@H](O)[C@]3(C)C=C3[C@@H](CO)CC[C@H]3[C@@H](C)[C@H]2O)[C@H](O)[C@@H](O)[C@@H]1O. The van der Waals surface area contributed by atoms with Gasteiger partial charge in [-0.1, -0.05) is 44.1 Å². The first-order chi connectivity index (χ1) is 18.7. The molecule has 9 heteroatoms. The van der Waals surface area contributed by atoms with Crippen LogP contribution in [0.4, 0.5) is 0 Å². The van der Waals surface area contributed by atoms with Gasteiger partial charge in [-0.25, -0.2) is 0 Å². The van der Waals surface area contributed by atoms with Crippen molar-refractivity contribution in [2.45, 2.75) is 115 Å². The molecule has 6 N–H and O–H groups in total. The Labute approximate surface area is 238 Å². The number of rotatable bonds is 8. The van der Waals surface area contributed by atoms with Gasteiger partial charge in [-0.3, -0.25) is 0 Å². The summed E-state index contributed by atoms with van der Waals surface area (Å²) in [6.45, 7) is 15.3. The second-order valence-corrected chi connectivity index (χ2v) is 13.3. The summed E-state index contributed by atoms with van der Waals surface area (Å²) in [7, 11) is 0. The molecule has 0 unspecified atom stereocenters. The maximum Gasteiger partial charge on any atom is 0.187 e. The zero-order valence-corrected chi connectivity index (χ0v) is 24.7. The molecule has 0 aromatic carbocycles. The molecule has 9 nitrogen and oxygen atoms in total. The lowest BCUT2D eigenvalue weighted by molar-refractivity contribution is -0.319. The van der Waals surface area contributed by atoms with Gasteiger partial charge in [0, 0.05) is 17.9 Å². The first kappa shape index (κ1) is 31.8. The van der Waals surface area contributed by atoms with Crippen LogP contribution in [-0.4, -0.2) is 98.5 Å². The van der Waals surface area contributed by atoms with E-state index in [1.807, 2.05) is 27.7 Å². The fraction of sp³-hybridized carbons (Fsp3) is 0.806. The highest BCUT2D eigenvalue weighted by atomic mass is 16.7. The molecule has 2 fully saturated rings. The molecule has 1 saturated heterocycles. The number of hydrogen-bond acceptors (Lipinski definition) is 9. The molecule has 0 aromatic heterocycles. The van der Waals surface area contributed by atoms with Crippen molar-refractivity contribution in [2.75, 3.05) is 13.2 Å². The second-order valence-electron chi connectivity index (χ2n) is 13.3. The molecule has 3 aliphatic carbocycles. The fourth-order valence-corrected chi connectivity index (χ4v) is 7.12. The van der Waals surface area contributed by atoms with E-state index in [-0.39, 0.29) is 36.9 Å². The highest BCUT2D eigenvalue weighted by molar-refractivity contribution is 5.43. The normalized spacial score (nSPS) is 44.2. The van der Waals surface area contributed by atoms with Crippen LogP contribution in [0.1, 0.15) is 60.8 Å². The van der Waals surface area contributed by atoms with Crippen molar-refractivity contribution in [1.82, 2.24) is 0 Å². The first-order valence-electron chi connectivity index (χ1n) is 14.7. The molecule has 0 spiro atoms. The number of hydrogen-bond donors (Lipinski definition) is 6. The quantitative estimate of drug-likeness (QED) is 0.242.